The van der Waals surface area contributed by atoms with Crippen LogP contribution in [0.5, 0.6) is 0 Å². The first-order valence-corrected chi connectivity index (χ1v) is 8.67. The van der Waals surface area contributed by atoms with Gasteiger partial charge in [-0.25, -0.2) is 0 Å². The molecule has 4 atom stereocenters. The number of aliphatic hydroxyl groups is 1. The number of likely N-dealkylation sites (tertiary alicyclic amines) is 1. The van der Waals surface area contributed by atoms with E-state index in [0.29, 0.717) is 11.8 Å². The molecule has 4 unspecified atom stereocenters. The lowest BCUT2D eigenvalue weighted by Crippen LogP contribution is -2.45. The molecule has 1 N–H and O–H groups in total. The Balaban J connectivity index is 1.57. The van der Waals surface area contributed by atoms with E-state index in [9.17, 15) is 9.90 Å². The molecule has 0 spiro atoms. The lowest BCUT2D eigenvalue weighted by Gasteiger charge is -2.41. The Kier molecular flexibility index (Phi) is 4.65. The highest BCUT2D eigenvalue weighted by atomic mass is 16.3. The van der Waals surface area contributed by atoms with Gasteiger partial charge in [-0.05, 0) is 49.9 Å². The maximum absolute atomic E-state index is 12.7. The van der Waals surface area contributed by atoms with E-state index in [0.717, 1.165) is 50.6 Å². The highest BCUT2D eigenvalue weighted by molar-refractivity contribution is 5.79. The Morgan fingerprint density at radius 1 is 1.00 bits per heavy atom. The number of fused-ring (bicyclic) bond motifs is 1. The van der Waals surface area contributed by atoms with Gasteiger partial charge < -0.3 is 10.0 Å². The summed E-state index contributed by atoms with van der Waals surface area (Å²) in [6.07, 6.45) is 11.2. The fourth-order valence-corrected chi connectivity index (χ4v) is 4.77. The zero-order chi connectivity index (χ0) is 13.9. The second-order valence-corrected chi connectivity index (χ2v) is 7.29. The third kappa shape index (κ3) is 3.03. The summed E-state index contributed by atoms with van der Waals surface area (Å²) in [5.41, 5.74) is 0. The zero-order valence-electron chi connectivity index (χ0n) is 12.6. The molecule has 3 nitrogen and oxygen atoms in total. The number of rotatable bonds is 2. The standard InChI is InChI=1S/C17H29NO2/c19-12-13-4-3-9-18(11-13)17(20)16-8-7-14-5-1-2-6-15(14)10-16/h13-16,19H,1-12H2. The molecule has 0 radical (unpaired) electrons. The molecule has 0 bridgehead atoms. The van der Waals surface area contributed by atoms with Crippen LogP contribution in [-0.2, 0) is 4.79 Å². The fourth-order valence-electron chi connectivity index (χ4n) is 4.77. The Hall–Kier alpha value is -0.570. The third-order valence-electron chi connectivity index (χ3n) is 5.98. The van der Waals surface area contributed by atoms with Gasteiger partial charge in [-0.2, -0.15) is 0 Å². The Morgan fingerprint density at radius 2 is 1.80 bits per heavy atom. The normalized spacial score (nSPS) is 38.4. The van der Waals surface area contributed by atoms with E-state index in [2.05, 4.69) is 4.90 Å². The number of aliphatic hydroxyl groups excluding tert-OH is 1. The van der Waals surface area contributed by atoms with E-state index in [1.54, 1.807) is 0 Å². The van der Waals surface area contributed by atoms with Gasteiger partial charge in [0.05, 0.1) is 0 Å². The number of piperidine rings is 1. The summed E-state index contributed by atoms with van der Waals surface area (Å²) < 4.78 is 0. The van der Waals surface area contributed by atoms with Crippen LogP contribution in [-0.4, -0.2) is 35.6 Å². The van der Waals surface area contributed by atoms with E-state index in [4.69, 9.17) is 0 Å². The second kappa shape index (κ2) is 6.46. The van der Waals surface area contributed by atoms with Crippen LogP contribution in [0.4, 0.5) is 0 Å². The van der Waals surface area contributed by atoms with Gasteiger partial charge in [-0.3, -0.25) is 4.79 Å². The molecule has 0 aromatic carbocycles. The molecule has 3 aliphatic rings. The van der Waals surface area contributed by atoms with Crippen molar-refractivity contribution in [2.45, 2.75) is 57.8 Å². The van der Waals surface area contributed by atoms with Crippen molar-refractivity contribution >= 4 is 5.91 Å². The van der Waals surface area contributed by atoms with Crippen LogP contribution in [0.2, 0.25) is 0 Å². The van der Waals surface area contributed by atoms with E-state index < -0.39 is 0 Å². The van der Waals surface area contributed by atoms with Crippen LogP contribution >= 0.6 is 0 Å². The van der Waals surface area contributed by atoms with Crippen molar-refractivity contribution in [3.8, 4) is 0 Å². The summed E-state index contributed by atoms with van der Waals surface area (Å²) in [5, 5.41) is 9.32. The van der Waals surface area contributed by atoms with E-state index in [1.807, 2.05) is 0 Å². The van der Waals surface area contributed by atoms with Crippen molar-refractivity contribution in [3.63, 3.8) is 0 Å². The molecule has 3 fully saturated rings. The summed E-state index contributed by atoms with van der Waals surface area (Å²) >= 11 is 0. The topological polar surface area (TPSA) is 40.5 Å². The fraction of sp³-hybridized carbons (Fsp3) is 0.941. The largest absolute Gasteiger partial charge is 0.396 e. The highest BCUT2D eigenvalue weighted by Crippen LogP contribution is 2.43. The average molecular weight is 279 g/mol. The number of hydrogen-bond donors (Lipinski definition) is 1. The van der Waals surface area contributed by atoms with Gasteiger partial charge in [-0.1, -0.05) is 25.7 Å². The van der Waals surface area contributed by atoms with Crippen molar-refractivity contribution in [1.82, 2.24) is 4.90 Å². The van der Waals surface area contributed by atoms with E-state index in [-0.39, 0.29) is 12.5 Å². The predicted octanol–water partition coefficient (Wildman–Crippen LogP) is 2.82. The minimum Gasteiger partial charge on any atom is -0.396 e. The summed E-state index contributed by atoms with van der Waals surface area (Å²) in [7, 11) is 0. The van der Waals surface area contributed by atoms with Crippen LogP contribution in [0.1, 0.15) is 57.8 Å². The highest BCUT2D eigenvalue weighted by Gasteiger charge is 2.37. The molecule has 1 aliphatic heterocycles. The van der Waals surface area contributed by atoms with Crippen molar-refractivity contribution in [2.75, 3.05) is 19.7 Å². The molecule has 1 saturated heterocycles. The van der Waals surface area contributed by atoms with Crippen LogP contribution in [0.15, 0.2) is 0 Å². The van der Waals surface area contributed by atoms with Gasteiger partial charge >= 0.3 is 0 Å². The third-order valence-corrected chi connectivity index (χ3v) is 5.98. The minimum absolute atomic E-state index is 0.235. The molecule has 1 heterocycles. The van der Waals surface area contributed by atoms with Gasteiger partial charge in [0.15, 0.2) is 0 Å². The van der Waals surface area contributed by atoms with E-state index >= 15 is 0 Å². The maximum atomic E-state index is 12.7. The number of carbonyl (C=O) groups is 1. The average Bonchev–Trinajstić information content (AvgIpc) is 2.53. The zero-order valence-corrected chi connectivity index (χ0v) is 12.6. The molecule has 1 amide bonds. The number of carbonyl (C=O) groups excluding carboxylic acids is 1. The van der Waals surface area contributed by atoms with Gasteiger partial charge in [0, 0.05) is 25.6 Å². The SMILES string of the molecule is O=C(C1CCC2CCCCC2C1)N1CCCC(CO)C1. The van der Waals surface area contributed by atoms with Gasteiger partial charge in [0.25, 0.3) is 0 Å². The quantitative estimate of drug-likeness (QED) is 0.844. The monoisotopic (exact) mass is 279 g/mol. The first kappa shape index (κ1) is 14.4. The van der Waals surface area contributed by atoms with Crippen molar-refractivity contribution in [2.24, 2.45) is 23.7 Å². The molecular weight excluding hydrogens is 250 g/mol. The Labute approximate surface area is 122 Å². The number of nitrogens with zero attached hydrogens (tertiary/aromatic N) is 1. The van der Waals surface area contributed by atoms with Crippen LogP contribution in [0.3, 0.4) is 0 Å². The molecule has 2 saturated carbocycles. The molecule has 0 aromatic heterocycles. The molecular formula is C17H29NO2. The first-order chi connectivity index (χ1) is 9.78. The number of hydrogen-bond acceptors (Lipinski definition) is 2. The first-order valence-electron chi connectivity index (χ1n) is 8.67. The van der Waals surface area contributed by atoms with Crippen LogP contribution < -0.4 is 0 Å². The maximum Gasteiger partial charge on any atom is 0.225 e. The minimum atomic E-state index is 0.235. The van der Waals surface area contributed by atoms with Gasteiger partial charge in [-0.15, -0.1) is 0 Å². The molecule has 114 valence electrons. The molecule has 3 rings (SSSR count). The lowest BCUT2D eigenvalue weighted by atomic mass is 9.67. The van der Waals surface area contributed by atoms with E-state index in [1.165, 1.54) is 32.1 Å². The van der Waals surface area contributed by atoms with Crippen molar-refractivity contribution < 1.29 is 9.90 Å². The van der Waals surface area contributed by atoms with Crippen molar-refractivity contribution in [3.05, 3.63) is 0 Å². The number of amides is 1. The predicted molar refractivity (Wildman–Crippen MR) is 79.2 cm³/mol. The Bertz CT molecular complexity index is 344. The van der Waals surface area contributed by atoms with Crippen molar-refractivity contribution in [1.29, 1.82) is 0 Å². The summed E-state index contributed by atoms with van der Waals surface area (Å²) in [6.45, 7) is 1.94. The van der Waals surface area contributed by atoms with Gasteiger partial charge in [0.2, 0.25) is 5.91 Å². The summed E-state index contributed by atoms with van der Waals surface area (Å²) in [4.78, 5) is 14.8. The lowest BCUT2D eigenvalue weighted by molar-refractivity contribution is -0.140. The molecule has 2 aliphatic carbocycles. The Morgan fingerprint density at radius 3 is 2.60 bits per heavy atom. The summed E-state index contributed by atoms with van der Waals surface area (Å²) in [5.74, 6) is 2.74. The van der Waals surface area contributed by atoms with Gasteiger partial charge in [0.1, 0.15) is 0 Å². The smallest absolute Gasteiger partial charge is 0.225 e. The van der Waals surface area contributed by atoms with Crippen LogP contribution in [0.25, 0.3) is 0 Å². The second-order valence-electron chi connectivity index (χ2n) is 7.29. The molecule has 0 aromatic rings. The molecule has 3 heteroatoms. The van der Waals surface area contributed by atoms with Crippen LogP contribution in [0, 0.1) is 23.7 Å². The molecule has 20 heavy (non-hydrogen) atoms. The summed E-state index contributed by atoms with van der Waals surface area (Å²) in [6, 6.07) is 0.